The van der Waals surface area contributed by atoms with Crippen LogP contribution >= 0.6 is 12.2 Å². The zero-order chi connectivity index (χ0) is 24.7. The van der Waals surface area contributed by atoms with Crippen molar-refractivity contribution in [3.05, 3.63) is 48.5 Å². The fourth-order valence-electron chi connectivity index (χ4n) is 2.74. The highest BCUT2D eigenvalue weighted by Crippen LogP contribution is 2.26. The summed E-state index contributed by atoms with van der Waals surface area (Å²) in [6.07, 6.45) is 0. The van der Waals surface area contributed by atoms with Crippen LogP contribution < -0.4 is 34.3 Å². The van der Waals surface area contributed by atoms with Gasteiger partial charge in [-0.3, -0.25) is 4.72 Å². The van der Waals surface area contributed by atoms with E-state index in [1.807, 2.05) is 0 Å². The van der Waals surface area contributed by atoms with Gasteiger partial charge in [0.25, 0.3) is 10.0 Å². The molecule has 3 aromatic rings. The maximum absolute atomic E-state index is 12.8. The van der Waals surface area contributed by atoms with E-state index in [1.54, 1.807) is 44.6 Å². The van der Waals surface area contributed by atoms with Crippen LogP contribution in [0.5, 0.6) is 23.4 Å². The Bertz CT molecular complexity index is 1220. The van der Waals surface area contributed by atoms with Crippen LogP contribution in [0.15, 0.2) is 53.4 Å². The second-order valence-corrected chi connectivity index (χ2v) is 8.68. The van der Waals surface area contributed by atoms with Crippen molar-refractivity contribution in [2.24, 2.45) is 0 Å². The Morgan fingerprint density at radius 2 is 1.41 bits per heavy atom. The third-order valence-electron chi connectivity index (χ3n) is 4.34. The molecule has 0 spiro atoms. The third kappa shape index (κ3) is 6.36. The highest BCUT2D eigenvalue weighted by Gasteiger charge is 2.17. The fraction of sp³-hybridized carbons (Fsp3) is 0.190. The van der Waals surface area contributed by atoms with Crippen molar-refractivity contribution in [3.63, 3.8) is 0 Å². The Morgan fingerprint density at radius 3 is 1.97 bits per heavy atom. The summed E-state index contributed by atoms with van der Waals surface area (Å²) in [4.78, 5) is 7.92. The summed E-state index contributed by atoms with van der Waals surface area (Å²) in [7, 11) is 1.94. The number of nitrogens with zero attached hydrogens (tertiary/aromatic N) is 2. The van der Waals surface area contributed by atoms with E-state index < -0.39 is 10.0 Å². The lowest BCUT2D eigenvalue weighted by atomic mass is 10.3. The fourth-order valence-corrected chi connectivity index (χ4v) is 3.97. The first-order valence-electron chi connectivity index (χ1n) is 9.67. The summed E-state index contributed by atoms with van der Waals surface area (Å²) >= 11 is 5.35. The standard InChI is InChI=1S/C21H23N5O6S2/c1-29-15-9-14(10-16(11-15)30-2)23-21(33)22-13-5-7-17(8-6-13)34(27,28)26-18-12-19(31-3)25-20(24-18)32-4/h5-12H,1-4H3,(H2,22,23,33)(H,24,25,26). The Labute approximate surface area is 202 Å². The third-order valence-corrected chi connectivity index (χ3v) is 5.92. The Hall–Kier alpha value is -3.84. The first-order chi connectivity index (χ1) is 16.3. The summed E-state index contributed by atoms with van der Waals surface area (Å²) in [5, 5.41) is 6.32. The number of rotatable bonds is 9. The molecule has 0 aliphatic carbocycles. The Balaban J connectivity index is 1.69. The first-order valence-corrected chi connectivity index (χ1v) is 11.6. The molecule has 0 amide bonds. The Kier molecular flexibility index (Phi) is 7.91. The van der Waals surface area contributed by atoms with Gasteiger partial charge >= 0.3 is 6.01 Å². The second kappa shape index (κ2) is 10.9. The van der Waals surface area contributed by atoms with Gasteiger partial charge in [0.15, 0.2) is 10.9 Å². The number of ether oxygens (including phenoxy) is 4. The minimum absolute atomic E-state index is 0.00463. The molecule has 0 unspecified atom stereocenters. The van der Waals surface area contributed by atoms with E-state index in [-0.39, 0.29) is 22.6 Å². The predicted molar refractivity (Wildman–Crippen MR) is 132 cm³/mol. The van der Waals surface area contributed by atoms with Crippen molar-refractivity contribution < 1.29 is 27.4 Å². The van der Waals surface area contributed by atoms with Crippen LogP contribution in [0.1, 0.15) is 0 Å². The van der Waals surface area contributed by atoms with Gasteiger partial charge in [0.2, 0.25) is 5.88 Å². The number of nitrogens with one attached hydrogen (secondary N) is 3. The van der Waals surface area contributed by atoms with E-state index >= 15 is 0 Å². The summed E-state index contributed by atoms with van der Waals surface area (Å²) < 4.78 is 48.4. The van der Waals surface area contributed by atoms with Crippen molar-refractivity contribution in [3.8, 4) is 23.4 Å². The Morgan fingerprint density at radius 1 is 0.794 bits per heavy atom. The lowest BCUT2D eigenvalue weighted by Crippen LogP contribution is -2.19. The van der Waals surface area contributed by atoms with Crippen LogP contribution in [0.2, 0.25) is 0 Å². The zero-order valence-electron chi connectivity index (χ0n) is 18.8. The van der Waals surface area contributed by atoms with E-state index in [0.29, 0.717) is 28.0 Å². The molecule has 0 bridgehead atoms. The smallest absolute Gasteiger partial charge is 0.321 e. The largest absolute Gasteiger partial charge is 0.497 e. The second-order valence-electron chi connectivity index (χ2n) is 6.59. The highest BCUT2D eigenvalue weighted by atomic mass is 32.2. The number of hydrogen-bond donors (Lipinski definition) is 3. The lowest BCUT2D eigenvalue weighted by molar-refractivity contribution is 0.353. The van der Waals surface area contributed by atoms with Gasteiger partial charge in [-0.2, -0.15) is 9.97 Å². The zero-order valence-corrected chi connectivity index (χ0v) is 20.4. The molecule has 1 heterocycles. The summed E-state index contributed by atoms with van der Waals surface area (Å²) in [5.74, 6) is 1.36. The molecule has 3 N–H and O–H groups in total. The van der Waals surface area contributed by atoms with Gasteiger partial charge in [-0.1, -0.05) is 0 Å². The quantitative estimate of drug-likeness (QED) is 0.370. The number of anilines is 3. The van der Waals surface area contributed by atoms with Gasteiger partial charge in [0, 0.05) is 35.6 Å². The minimum Gasteiger partial charge on any atom is -0.497 e. The number of benzene rings is 2. The molecule has 34 heavy (non-hydrogen) atoms. The van der Waals surface area contributed by atoms with E-state index in [0.717, 1.165) is 0 Å². The SMILES string of the molecule is COc1cc(NC(=S)Nc2ccc(S(=O)(=O)Nc3cc(OC)nc(OC)n3)cc2)cc(OC)c1. The molecule has 2 aromatic carbocycles. The summed E-state index contributed by atoms with van der Waals surface area (Å²) in [6, 6.07) is 12.6. The van der Waals surface area contributed by atoms with Crippen molar-refractivity contribution in [2.75, 3.05) is 43.8 Å². The molecule has 180 valence electrons. The van der Waals surface area contributed by atoms with Crippen LogP contribution in [0, 0.1) is 0 Å². The number of sulfonamides is 1. The van der Waals surface area contributed by atoms with E-state index in [4.69, 9.17) is 31.2 Å². The van der Waals surface area contributed by atoms with Crippen LogP contribution in [0.3, 0.4) is 0 Å². The average molecular weight is 506 g/mol. The van der Waals surface area contributed by atoms with Gasteiger partial charge in [0.05, 0.1) is 33.3 Å². The maximum Gasteiger partial charge on any atom is 0.321 e. The number of hydrogen-bond acceptors (Lipinski definition) is 9. The van der Waals surface area contributed by atoms with Gasteiger partial charge in [-0.15, -0.1) is 0 Å². The van der Waals surface area contributed by atoms with Crippen LogP contribution in [-0.4, -0.2) is 51.9 Å². The summed E-state index contributed by atoms with van der Waals surface area (Å²) in [6.45, 7) is 0. The molecule has 0 saturated heterocycles. The molecule has 0 aliphatic heterocycles. The van der Waals surface area contributed by atoms with E-state index in [1.165, 1.54) is 32.4 Å². The van der Waals surface area contributed by atoms with Gasteiger partial charge in [-0.25, -0.2) is 8.42 Å². The number of aromatic nitrogens is 2. The molecule has 0 saturated carbocycles. The number of thiocarbonyl (C=S) groups is 1. The molecule has 0 atom stereocenters. The normalized spacial score (nSPS) is 10.7. The minimum atomic E-state index is -3.93. The number of methoxy groups -OCH3 is 4. The highest BCUT2D eigenvalue weighted by molar-refractivity contribution is 7.92. The molecule has 1 aromatic heterocycles. The maximum atomic E-state index is 12.8. The molecular formula is C21H23N5O6S2. The predicted octanol–water partition coefficient (Wildman–Crippen LogP) is 3.12. The van der Waals surface area contributed by atoms with Gasteiger partial charge in [-0.05, 0) is 36.5 Å². The molecule has 0 radical (unpaired) electrons. The molecule has 11 nitrogen and oxygen atoms in total. The van der Waals surface area contributed by atoms with Crippen LogP contribution in [-0.2, 0) is 10.0 Å². The molecule has 0 fully saturated rings. The van der Waals surface area contributed by atoms with Crippen molar-refractivity contribution in [1.82, 2.24) is 9.97 Å². The van der Waals surface area contributed by atoms with E-state index in [2.05, 4.69) is 25.3 Å². The van der Waals surface area contributed by atoms with Gasteiger partial charge < -0.3 is 29.6 Å². The lowest BCUT2D eigenvalue weighted by Gasteiger charge is -2.13. The van der Waals surface area contributed by atoms with Crippen molar-refractivity contribution in [2.45, 2.75) is 4.90 Å². The monoisotopic (exact) mass is 505 g/mol. The molecule has 3 rings (SSSR count). The average Bonchev–Trinajstić information content (AvgIpc) is 2.83. The van der Waals surface area contributed by atoms with Crippen LogP contribution in [0.4, 0.5) is 17.2 Å². The molecule has 13 heteroatoms. The van der Waals surface area contributed by atoms with Crippen molar-refractivity contribution >= 4 is 44.5 Å². The topological polar surface area (TPSA) is 133 Å². The van der Waals surface area contributed by atoms with E-state index in [9.17, 15) is 8.42 Å². The first kappa shape index (κ1) is 24.8. The van der Waals surface area contributed by atoms with Crippen LogP contribution in [0.25, 0.3) is 0 Å². The molecular weight excluding hydrogens is 482 g/mol. The summed E-state index contributed by atoms with van der Waals surface area (Å²) in [5.41, 5.74) is 1.24. The molecule has 0 aliphatic rings. The van der Waals surface area contributed by atoms with Gasteiger partial charge in [0.1, 0.15) is 11.5 Å². The van der Waals surface area contributed by atoms with Crippen molar-refractivity contribution in [1.29, 1.82) is 0 Å².